The van der Waals surface area contributed by atoms with E-state index in [2.05, 4.69) is 54.4 Å². The maximum atomic E-state index is 15.5. The Balaban J connectivity index is 0.514. The molecule has 6 aliphatic rings. The predicted octanol–water partition coefficient (Wildman–Crippen LogP) is 4.83. The van der Waals surface area contributed by atoms with Gasteiger partial charge in [0, 0.05) is 91.0 Å². The minimum absolute atomic E-state index is 0.0177. The summed E-state index contributed by atoms with van der Waals surface area (Å²) in [6.45, 7) is 7.16. The standard InChI is InChI=1S/C81H93FN12O14/c1-5-81(106)59-38-65-74-57(45-94(65)78(104)58(59)46-108-79(81)105)73-61(23-22-56-50(4)60(82)39-62(91-74)72(56)73)89-69(98)40-83-47-88-68(97)42-87-76(102)63(37-51-13-7-6-8-14-51)90-70(99)43-86-67(96)41-85-66(95)24-19-49(3)107-36-28-48(2)77(103)92-34-31-80(32-35-92)29-25-54(26-30-80)75(101)84-33-27-71(100)93-44-55-17-10-9-15-52(55)20-21-53-16-11-12-18-64(53)93/h6-18,38-39,48-49,54,61,63,83,106H,5,19,22-37,40-47H2,1-4H3,(H,84,101)(H,85,95)(H,86,96)(H,87,102)(H,88,97)(H,89,98)(H,90,99)/t48?,49?,61-,63-,81-/m0/s1. The zero-order valence-electron chi connectivity index (χ0n) is 61.4. The van der Waals surface area contributed by atoms with Crippen molar-refractivity contribution in [2.75, 3.05) is 64.0 Å². The van der Waals surface area contributed by atoms with Crippen molar-refractivity contribution < 1.29 is 66.9 Å². The van der Waals surface area contributed by atoms with Gasteiger partial charge in [0.25, 0.3) is 5.56 Å². The van der Waals surface area contributed by atoms with Gasteiger partial charge in [0.15, 0.2) is 5.60 Å². The van der Waals surface area contributed by atoms with E-state index in [1.54, 1.807) is 55.1 Å². The lowest BCUT2D eigenvalue weighted by Gasteiger charge is -2.46. The molecule has 9 amide bonds. The number of aromatic nitrogens is 2. The molecule has 0 bridgehead atoms. The van der Waals surface area contributed by atoms with Gasteiger partial charge in [-0.15, -0.1) is 0 Å². The van der Waals surface area contributed by atoms with Crippen LogP contribution in [0.1, 0.15) is 159 Å². The van der Waals surface area contributed by atoms with Crippen LogP contribution in [0.5, 0.6) is 0 Å². The number of likely N-dealkylation sites (tertiary alicyclic amines) is 1. The smallest absolute Gasteiger partial charge is 0.343 e. The molecule has 1 spiro atoms. The number of amides is 9. The number of piperidine rings is 1. The van der Waals surface area contributed by atoms with Crippen molar-refractivity contribution in [3.63, 3.8) is 0 Å². The van der Waals surface area contributed by atoms with Crippen LogP contribution in [0.15, 0.2) is 95.8 Å². The molecule has 6 heterocycles. The Hall–Kier alpha value is -10.7. The Bertz CT molecular complexity index is 4630. The maximum absolute atomic E-state index is 15.5. The number of rotatable bonds is 28. The van der Waals surface area contributed by atoms with Gasteiger partial charge in [0.1, 0.15) is 18.5 Å². The average molecular weight is 1480 g/mol. The van der Waals surface area contributed by atoms with Crippen molar-refractivity contribution in [3.8, 4) is 23.2 Å². The zero-order valence-corrected chi connectivity index (χ0v) is 61.4. The fourth-order valence-corrected chi connectivity index (χ4v) is 15.7. The normalized spacial score (nSPS) is 18.1. The summed E-state index contributed by atoms with van der Waals surface area (Å²) in [5.41, 5.74) is 5.45. The van der Waals surface area contributed by atoms with E-state index in [-0.39, 0.29) is 111 Å². The minimum atomic E-state index is -2.06. The number of pyridine rings is 2. The van der Waals surface area contributed by atoms with Gasteiger partial charge in [-0.05, 0) is 142 Å². The van der Waals surface area contributed by atoms with Gasteiger partial charge >= 0.3 is 5.97 Å². The van der Waals surface area contributed by atoms with Gasteiger partial charge in [-0.3, -0.25) is 53.3 Å². The number of halogens is 1. The van der Waals surface area contributed by atoms with E-state index >= 15 is 4.39 Å². The number of esters is 1. The Kier molecular flexibility index (Phi) is 24.3. The second kappa shape index (κ2) is 34.0. The Morgan fingerprint density at radius 2 is 1.44 bits per heavy atom. The van der Waals surface area contributed by atoms with E-state index in [0.29, 0.717) is 96.5 Å². The summed E-state index contributed by atoms with van der Waals surface area (Å²) >= 11 is 0. The van der Waals surface area contributed by atoms with E-state index in [1.807, 2.05) is 67.3 Å². The van der Waals surface area contributed by atoms with Gasteiger partial charge in [-0.25, -0.2) is 14.2 Å². The van der Waals surface area contributed by atoms with Gasteiger partial charge < -0.3 is 66.2 Å². The van der Waals surface area contributed by atoms with Crippen molar-refractivity contribution in [3.05, 3.63) is 163 Å². The molecule has 2 aromatic heterocycles. The summed E-state index contributed by atoms with van der Waals surface area (Å²) in [4.78, 5) is 155. The van der Waals surface area contributed by atoms with Gasteiger partial charge in [0.2, 0.25) is 53.2 Å². The number of nitrogens with zero attached hydrogens (tertiary/aromatic N) is 4. The first-order valence-corrected chi connectivity index (χ1v) is 37.4. The van der Waals surface area contributed by atoms with E-state index in [4.69, 9.17) is 14.5 Å². The van der Waals surface area contributed by atoms with Crippen LogP contribution in [0.2, 0.25) is 0 Å². The number of nitrogens with one attached hydrogen (secondary N) is 8. The van der Waals surface area contributed by atoms with Gasteiger partial charge in [-0.1, -0.05) is 86.4 Å². The SMILES string of the molecule is CC[C@@]1(O)C(=O)OCc2c1cc1n(c2=O)Cc2c-1nc1cc(F)c(C)c3c1c2[C@@H](NC(=O)CNCNC(=O)CNC(=O)[C@H](Cc1ccccc1)NC(=O)CNC(=O)CNC(=O)CCC(C)OCCC(C)C(=O)N1CCC2(CCC(C(=O)NCCC(=O)N4Cc5ccccc5C#Cc5ccccc54)CC2)CC1)CC3. The van der Waals surface area contributed by atoms with E-state index in [0.717, 1.165) is 66.5 Å². The number of hydrogen-bond donors (Lipinski definition) is 9. The van der Waals surface area contributed by atoms with Crippen molar-refractivity contribution in [2.45, 2.75) is 161 Å². The molecule has 26 nitrogen and oxygen atoms in total. The van der Waals surface area contributed by atoms with E-state index < -0.39 is 90.1 Å². The highest BCUT2D eigenvalue weighted by molar-refractivity contribution is 5.97. The number of aryl methyl sites for hydroxylation is 1. The number of anilines is 1. The lowest BCUT2D eigenvalue weighted by Crippen LogP contribution is -2.52. The largest absolute Gasteiger partial charge is 0.458 e. The summed E-state index contributed by atoms with van der Waals surface area (Å²) in [5, 5.41) is 33.9. The number of ether oxygens (including phenoxy) is 2. The maximum Gasteiger partial charge on any atom is 0.343 e. The van der Waals surface area contributed by atoms with Gasteiger partial charge in [0.05, 0.1) is 86.2 Å². The molecule has 12 rings (SSSR count). The number of carbonyl (C=O) groups excluding carboxylic acids is 10. The zero-order chi connectivity index (χ0) is 76.4. The Morgan fingerprint density at radius 1 is 0.741 bits per heavy atom. The summed E-state index contributed by atoms with van der Waals surface area (Å²) in [6.07, 6.45) is 6.64. The second-order valence-electron chi connectivity index (χ2n) is 29.2. The third kappa shape index (κ3) is 17.5. The van der Waals surface area contributed by atoms with Crippen LogP contribution >= 0.6 is 0 Å². The molecule has 4 aliphatic heterocycles. The number of para-hydroxylation sites is 1. The molecule has 568 valence electrons. The molecule has 4 aromatic carbocycles. The molecular formula is C81H93FN12O14. The number of hydrogen-bond acceptors (Lipinski definition) is 16. The van der Waals surface area contributed by atoms with Crippen LogP contribution in [0.3, 0.4) is 0 Å². The van der Waals surface area contributed by atoms with Crippen LogP contribution in [0.4, 0.5) is 10.1 Å². The minimum Gasteiger partial charge on any atom is -0.458 e. The summed E-state index contributed by atoms with van der Waals surface area (Å²) in [6, 6.07) is 25.4. The average Bonchev–Trinajstić information content (AvgIpc) is 1.60. The second-order valence-corrected chi connectivity index (χ2v) is 29.2. The summed E-state index contributed by atoms with van der Waals surface area (Å²) < 4.78 is 28.2. The molecule has 6 aromatic rings. The first-order chi connectivity index (χ1) is 52.0. The van der Waals surface area contributed by atoms with Crippen LogP contribution in [0, 0.1) is 41.8 Å². The molecule has 1 saturated carbocycles. The molecule has 5 atom stereocenters. The van der Waals surface area contributed by atoms with Crippen molar-refractivity contribution in [2.24, 2.45) is 17.3 Å². The third-order valence-electron chi connectivity index (χ3n) is 22.2. The molecule has 1 saturated heterocycles. The van der Waals surface area contributed by atoms with Crippen LogP contribution < -0.4 is 53.0 Å². The van der Waals surface area contributed by atoms with Crippen LogP contribution in [0.25, 0.3) is 22.3 Å². The highest BCUT2D eigenvalue weighted by Gasteiger charge is 2.47. The monoisotopic (exact) mass is 1480 g/mol. The first-order valence-electron chi connectivity index (χ1n) is 37.4. The van der Waals surface area contributed by atoms with Crippen LogP contribution in [-0.2, 0) is 95.6 Å². The quantitative estimate of drug-likeness (QED) is 0.0137. The van der Waals surface area contributed by atoms with Crippen molar-refractivity contribution >= 4 is 75.7 Å². The lowest BCUT2D eigenvalue weighted by molar-refractivity contribution is -0.172. The number of carbonyl (C=O) groups is 10. The Morgan fingerprint density at radius 3 is 2.20 bits per heavy atom. The fraction of sp³-hybridized carbons (Fsp3) is 0.457. The third-order valence-corrected chi connectivity index (χ3v) is 22.2. The molecular weight excluding hydrogens is 1380 g/mol. The van der Waals surface area contributed by atoms with E-state index in [9.17, 15) is 57.8 Å². The number of aliphatic hydroxyl groups is 1. The molecule has 2 fully saturated rings. The Labute approximate surface area is 625 Å². The summed E-state index contributed by atoms with van der Waals surface area (Å²) in [7, 11) is 0. The molecule has 27 heteroatoms. The topological polar surface area (TPSA) is 347 Å². The predicted molar refractivity (Wildman–Crippen MR) is 397 cm³/mol. The van der Waals surface area contributed by atoms with Gasteiger partial charge in [-0.2, -0.15) is 0 Å². The highest BCUT2D eigenvalue weighted by atomic mass is 19.1. The molecule has 2 aliphatic carbocycles. The van der Waals surface area contributed by atoms with E-state index in [1.165, 1.54) is 10.6 Å². The number of cyclic esters (lactones) is 1. The number of fused-ring (bicyclic) bond motifs is 7. The van der Waals surface area contributed by atoms with Crippen molar-refractivity contribution in [1.29, 1.82) is 0 Å². The highest BCUT2D eigenvalue weighted by Crippen LogP contribution is 2.48. The molecule has 108 heavy (non-hydrogen) atoms. The summed E-state index contributed by atoms with van der Waals surface area (Å²) in [5.74, 6) is 1.20. The lowest BCUT2D eigenvalue weighted by atomic mass is 9.65. The van der Waals surface area contributed by atoms with Crippen molar-refractivity contribution in [1.82, 2.24) is 57.0 Å². The molecule has 9 N–H and O–H groups in total. The number of benzene rings is 4. The molecule has 0 radical (unpaired) electrons. The van der Waals surface area contributed by atoms with Crippen LogP contribution in [-0.4, -0.2) is 150 Å². The fourth-order valence-electron chi connectivity index (χ4n) is 15.7. The molecule has 2 unspecified atom stereocenters. The first kappa shape index (κ1) is 76.9.